The lowest BCUT2D eigenvalue weighted by atomic mass is 10.2. The third-order valence-corrected chi connectivity index (χ3v) is 4.32. The number of nitrogens with two attached hydrogens (primary N) is 1. The van der Waals surface area contributed by atoms with Crippen LogP contribution < -0.4 is 16.0 Å². The number of primary sulfonamides is 1. The minimum Gasteiger partial charge on any atom is -0.345 e. The van der Waals surface area contributed by atoms with Gasteiger partial charge in [-0.25, -0.2) is 13.6 Å². The zero-order chi connectivity index (χ0) is 17.4. The molecule has 0 saturated heterocycles. The van der Waals surface area contributed by atoms with Gasteiger partial charge in [-0.3, -0.25) is 9.17 Å². The number of nitrogens with zero attached hydrogens (tertiary/aromatic N) is 1. The summed E-state index contributed by atoms with van der Waals surface area (Å²) in [5.74, 6) is 0. The molecule has 1 aromatic carbocycles. The second kappa shape index (κ2) is 5.69. The standard InChI is InChI=1S/C11H7F3N4O3S2/c12-11(13,14)5-1-6(3-7(2-5)23(16,20)21)17-10-8(4-15)9(19)18-22-10/h1-3,17H,(H,18,19)(H2,16,20,21). The summed E-state index contributed by atoms with van der Waals surface area (Å²) >= 11 is 0.689. The maximum absolute atomic E-state index is 12.9. The maximum atomic E-state index is 12.9. The summed E-state index contributed by atoms with van der Waals surface area (Å²) in [6, 6.07) is 3.50. The van der Waals surface area contributed by atoms with Gasteiger partial charge >= 0.3 is 6.18 Å². The largest absolute Gasteiger partial charge is 0.416 e. The van der Waals surface area contributed by atoms with Gasteiger partial charge in [-0.05, 0) is 29.7 Å². The van der Waals surface area contributed by atoms with Crippen molar-refractivity contribution in [3.8, 4) is 6.07 Å². The highest BCUT2D eigenvalue weighted by Crippen LogP contribution is 2.34. The Balaban J connectivity index is 2.58. The van der Waals surface area contributed by atoms with Crippen molar-refractivity contribution in [1.29, 1.82) is 5.26 Å². The van der Waals surface area contributed by atoms with Crippen molar-refractivity contribution in [2.75, 3.05) is 5.32 Å². The van der Waals surface area contributed by atoms with Gasteiger partial charge in [-0.2, -0.15) is 18.4 Å². The van der Waals surface area contributed by atoms with E-state index in [1.54, 1.807) is 6.07 Å². The molecule has 0 amide bonds. The van der Waals surface area contributed by atoms with Crippen molar-refractivity contribution >= 4 is 32.2 Å². The van der Waals surface area contributed by atoms with Gasteiger partial charge in [0.2, 0.25) is 10.0 Å². The molecule has 0 fully saturated rings. The van der Waals surface area contributed by atoms with Crippen molar-refractivity contribution in [2.24, 2.45) is 5.14 Å². The highest BCUT2D eigenvalue weighted by Gasteiger charge is 2.32. The van der Waals surface area contributed by atoms with Crippen molar-refractivity contribution in [1.82, 2.24) is 4.37 Å². The molecule has 0 saturated carbocycles. The molecule has 0 radical (unpaired) electrons. The lowest BCUT2D eigenvalue weighted by Gasteiger charge is -2.12. The van der Waals surface area contributed by atoms with Crippen molar-refractivity contribution in [2.45, 2.75) is 11.1 Å². The van der Waals surface area contributed by atoms with Crippen LogP contribution in [0.2, 0.25) is 0 Å². The lowest BCUT2D eigenvalue weighted by Crippen LogP contribution is -2.15. The van der Waals surface area contributed by atoms with Crippen LogP contribution >= 0.6 is 11.5 Å². The first kappa shape index (κ1) is 17.0. The first-order valence-electron chi connectivity index (χ1n) is 5.66. The fraction of sp³-hybridized carbons (Fsp3) is 0.0909. The molecule has 0 atom stereocenters. The van der Waals surface area contributed by atoms with E-state index in [0.717, 1.165) is 6.07 Å². The first-order valence-corrected chi connectivity index (χ1v) is 8.02. The van der Waals surface area contributed by atoms with Crippen molar-refractivity contribution in [3.63, 3.8) is 0 Å². The van der Waals surface area contributed by atoms with E-state index >= 15 is 0 Å². The number of halogens is 3. The number of rotatable bonds is 3. The third kappa shape index (κ3) is 3.70. The van der Waals surface area contributed by atoms with Crippen LogP contribution in [0.3, 0.4) is 0 Å². The topological polar surface area (TPSA) is 129 Å². The Bertz CT molecular complexity index is 954. The van der Waals surface area contributed by atoms with Crippen molar-refractivity contribution in [3.05, 3.63) is 39.7 Å². The van der Waals surface area contributed by atoms with Crippen LogP contribution in [0.1, 0.15) is 11.1 Å². The second-order valence-electron chi connectivity index (χ2n) is 4.26. The molecule has 2 aromatic rings. The average molecular weight is 364 g/mol. The van der Waals surface area contributed by atoms with E-state index in [9.17, 15) is 26.4 Å². The van der Waals surface area contributed by atoms with Gasteiger partial charge < -0.3 is 5.32 Å². The normalized spacial score (nSPS) is 12.0. The van der Waals surface area contributed by atoms with E-state index in [2.05, 4.69) is 9.69 Å². The summed E-state index contributed by atoms with van der Waals surface area (Å²) in [7, 11) is -4.38. The summed E-state index contributed by atoms with van der Waals surface area (Å²) in [4.78, 5) is 10.6. The molecule has 23 heavy (non-hydrogen) atoms. The zero-order valence-corrected chi connectivity index (χ0v) is 12.6. The predicted molar refractivity (Wildman–Crippen MR) is 75.8 cm³/mol. The number of benzene rings is 1. The number of nitriles is 1. The number of anilines is 2. The Hall–Kier alpha value is -2.36. The number of aromatic amines is 1. The van der Waals surface area contributed by atoms with E-state index in [-0.39, 0.29) is 16.3 Å². The summed E-state index contributed by atoms with van der Waals surface area (Å²) in [5, 5.41) is 16.1. The second-order valence-corrected chi connectivity index (χ2v) is 6.64. The van der Waals surface area contributed by atoms with Crippen LogP contribution in [0.4, 0.5) is 23.9 Å². The van der Waals surface area contributed by atoms with Gasteiger partial charge in [0.15, 0.2) is 5.56 Å². The number of H-pyrrole nitrogens is 1. The van der Waals surface area contributed by atoms with Gasteiger partial charge in [0.1, 0.15) is 11.1 Å². The average Bonchev–Trinajstić information content (AvgIpc) is 2.76. The number of aromatic nitrogens is 1. The number of hydrogen-bond acceptors (Lipinski definition) is 6. The number of nitrogens with one attached hydrogen (secondary N) is 2. The van der Waals surface area contributed by atoms with Crippen LogP contribution in [-0.4, -0.2) is 12.8 Å². The molecule has 12 heteroatoms. The summed E-state index contributed by atoms with van der Waals surface area (Å²) < 4.78 is 63.4. The summed E-state index contributed by atoms with van der Waals surface area (Å²) in [6.45, 7) is 0. The SMILES string of the molecule is N#Cc1c(Nc2cc(C(F)(F)F)cc(S(N)(=O)=O)c2)s[nH]c1=O. The number of sulfonamides is 1. The number of alkyl halides is 3. The predicted octanol–water partition coefficient (Wildman–Crippen LogP) is 1.72. The molecule has 1 aromatic heterocycles. The van der Waals surface area contributed by atoms with Crippen LogP contribution in [-0.2, 0) is 16.2 Å². The van der Waals surface area contributed by atoms with Crippen LogP contribution in [0.5, 0.6) is 0 Å². The highest BCUT2D eigenvalue weighted by atomic mass is 32.2. The minimum atomic E-state index is -4.81. The van der Waals surface area contributed by atoms with E-state index in [0.29, 0.717) is 23.7 Å². The highest BCUT2D eigenvalue weighted by molar-refractivity contribution is 7.89. The smallest absolute Gasteiger partial charge is 0.345 e. The molecule has 122 valence electrons. The van der Waals surface area contributed by atoms with Gasteiger partial charge in [0.05, 0.1) is 10.5 Å². The summed E-state index contributed by atoms with van der Waals surface area (Å²) in [5.41, 5.74) is -2.56. The molecule has 0 aliphatic carbocycles. The molecule has 1 heterocycles. The molecule has 4 N–H and O–H groups in total. The van der Waals surface area contributed by atoms with Crippen LogP contribution in [0, 0.1) is 11.3 Å². The molecule has 0 unspecified atom stereocenters. The van der Waals surface area contributed by atoms with E-state index in [1.807, 2.05) is 0 Å². The fourth-order valence-electron chi connectivity index (χ4n) is 1.62. The monoisotopic (exact) mass is 364 g/mol. The Kier molecular flexibility index (Phi) is 4.20. The molecular weight excluding hydrogens is 357 g/mol. The maximum Gasteiger partial charge on any atom is 0.416 e. The molecule has 0 aliphatic rings. The minimum absolute atomic E-state index is 0.0443. The Morgan fingerprint density at radius 2 is 1.96 bits per heavy atom. The molecule has 0 spiro atoms. The van der Waals surface area contributed by atoms with Crippen molar-refractivity contribution < 1.29 is 21.6 Å². The molecular formula is C11H7F3N4O3S2. The van der Waals surface area contributed by atoms with Crippen LogP contribution in [0.25, 0.3) is 0 Å². The quantitative estimate of drug-likeness (QED) is 0.764. The molecule has 0 aliphatic heterocycles. The first-order chi connectivity index (χ1) is 10.5. The Labute approximate surface area is 131 Å². The van der Waals surface area contributed by atoms with E-state index in [1.165, 1.54) is 0 Å². The summed E-state index contributed by atoms with van der Waals surface area (Å²) in [6.07, 6.45) is -4.81. The third-order valence-electron chi connectivity index (χ3n) is 2.63. The molecule has 0 bridgehead atoms. The van der Waals surface area contributed by atoms with Gasteiger partial charge in [-0.15, -0.1) is 0 Å². The Morgan fingerprint density at radius 1 is 1.30 bits per heavy atom. The lowest BCUT2D eigenvalue weighted by molar-refractivity contribution is -0.137. The number of hydrogen-bond donors (Lipinski definition) is 3. The fourth-order valence-corrected chi connectivity index (χ4v) is 2.91. The zero-order valence-electron chi connectivity index (χ0n) is 10.9. The van der Waals surface area contributed by atoms with Gasteiger partial charge in [-0.1, -0.05) is 0 Å². The van der Waals surface area contributed by atoms with E-state index < -0.39 is 32.2 Å². The van der Waals surface area contributed by atoms with Gasteiger partial charge in [0.25, 0.3) is 5.56 Å². The van der Waals surface area contributed by atoms with Gasteiger partial charge in [0, 0.05) is 5.69 Å². The Morgan fingerprint density at radius 3 is 2.48 bits per heavy atom. The molecule has 2 rings (SSSR count). The van der Waals surface area contributed by atoms with Crippen LogP contribution in [0.15, 0.2) is 27.9 Å². The molecule has 7 nitrogen and oxygen atoms in total. The van der Waals surface area contributed by atoms with E-state index in [4.69, 9.17) is 10.4 Å².